The molecule has 0 spiro atoms. The van der Waals surface area contributed by atoms with Gasteiger partial charge in [-0.15, -0.1) is 0 Å². The highest BCUT2D eigenvalue weighted by atomic mass is 16.7. The van der Waals surface area contributed by atoms with E-state index in [9.17, 15) is 9.59 Å². The van der Waals surface area contributed by atoms with Crippen molar-refractivity contribution in [2.75, 3.05) is 0 Å². The van der Waals surface area contributed by atoms with E-state index in [-0.39, 0.29) is 0 Å². The van der Waals surface area contributed by atoms with E-state index in [1.807, 2.05) is 24.3 Å². The zero-order valence-corrected chi connectivity index (χ0v) is 19.2. The molecule has 0 saturated heterocycles. The maximum Gasteiger partial charge on any atom is 0.341 e. The van der Waals surface area contributed by atoms with Crippen molar-refractivity contribution >= 4 is 11.9 Å². The van der Waals surface area contributed by atoms with Crippen LogP contribution in [-0.4, -0.2) is 18.2 Å². The van der Waals surface area contributed by atoms with Crippen molar-refractivity contribution in [3.05, 3.63) is 70.8 Å². The zero-order chi connectivity index (χ0) is 22.5. The summed E-state index contributed by atoms with van der Waals surface area (Å²) < 4.78 is 11.2. The fourth-order valence-electron chi connectivity index (χ4n) is 3.45. The minimum Gasteiger partial charge on any atom is -0.422 e. The average molecular weight is 425 g/mol. The van der Waals surface area contributed by atoms with E-state index in [1.165, 1.54) is 11.1 Å². The Hall–Kier alpha value is -2.62. The first kappa shape index (κ1) is 24.6. The highest BCUT2D eigenvalue weighted by Gasteiger charge is 2.21. The van der Waals surface area contributed by atoms with Gasteiger partial charge in [-0.2, -0.15) is 0 Å². The second-order valence-electron chi connectivity index (χ2n) is 7.98. The molecule has 0 aliphatic heterocycles. The molecule has 0 N–H and O–H groups in total. The number of aryl methyl sites for hydroxylation is 2. The number of hydrogen-bond donors (Lipinski definition) is 0. The lowest BCUT2D eigenvalue weighted by atomic mass is 10.1. The fraction of sp³-hybridized carbons (Fsp3) is 0.481. The Bertz CT molecular complexity index is 729. The molecule has 168 valence electrons. The molecule has 0 heterocycles. The molecule has 4 heteroatoms. The van der Waals surface area contributed by atoms with E-state index in [2.05, 4.69) is 20.8 Å². The molecule has 31 heavy (non-hydrogen) atoms. The molecular weight excluding hydrogens is 388 g/mol. The number of esters is 2. The van der Waals surface area contributed by atoms with Gasteiger partial charge in [-0.3, -0.25) is 0 Å². The van der Waals surface area contributed by atoms with Crippen molar-refractivity contribution in [3.8, 4) is 0 Å². The van der Waals surface area contributed by atoms with Crippen LogP contribution in [0.5, 0.6) is 0 Å². The highest BCUT2D eigenvalue weighted by Crippen LogP contribution is 2.16. The van der Waals surface area contributed by atoms with Gasteiger partial charge >= 0.3 is 11.9 Å². The second-order valence-corrected chi connectivity index (χ2v) is 7.98. The van der Waals surface area contributed by atoms with Gasteiger partial charge in [0.15, 0.2) is 0 Å². The molecule has 0 aromatic heterocycles. The molecule has 2 aromatic rings. The predicted molar refractivity (Wildman–Crippen MR) is 124 cm³/mol. The summed E-state index contributed by atoms with van der Waals surface area (Å²) in [5.41, 5.74) is 3.32. The molecule has 0 bridgehead atoms. The average Bonchev–Trinajstić information content (AvgIpc) is 2.78. The van der Waals surface area contributed by atoms with Crippen LogP contribution < -0.4 is 0 Å². The minimum absolute atomic E-state index is 0.463. The lowest BCUT2D eigenvalue weighted by molar-refractivity contribution is -0.0838. The van der Waals surface area contributed by atoms with E-state index < -0.39 is 18.2 Å². The van der Waals surface area contributed by atoms with Crippen molar-refractivity contribution in [3.63, 3.8) is 0 Å². The molecule has 2 rings (SSSR count). The first-order chi connectivity index (χ1) is 15.1. The van der Waals surface area contributed by atoms with E-state index in [0.29, 0.717) is 17.5 Å². The van der Waals surface area contributed by atoms with Crippen molar-refractivity contribution in [2.24, 2.45) is 0 Å². The number of benzene rings is 2. The van der Waals surface area contributed by atoms with Gasteiger partial charge in [-0.1, -0.05) is 77.1 Å². The minimum atomic E-state index is -0.887. The van der Waals surface area contributed by atoms with Gasteiger partial charge < -0.3 is 9.47 Å². The molecule has 0 aliphatic carbocycles. The molecule has 0 radical (unpaired) electrons. The van der Waals surface area contributed by atoms with Crippen molar-refractivity contribution < 1.29 is 19.1 Å². The van der Waals surface area contributed by atoms with E-state index >= 15 is 0 Å². The number of rotatable bonds is 13. The smallest absolute Gasteiger partial charge is 0.341 e. The van der Waals surface area contributed by atoms with Crippen LogP contribution in [-0.2, 0) is 22.3 Å². The third-order valence-electron chi connectivity index (χ3n) is 5.23. The van der Waals surface area contributed by atoms with Crippen LogP contribution in [0.25, 0.3) is 0 Å². The summed E-state index contributed by atoms with van der Waals surface area (Å²) in [5, 5.41) is 0. The highest BCUT2D eigenvalue weighted by molar-refractivity contribution is 5.91. The van der Waals surface area contributed by atoms with Crippen LogP contribution in [0, 0.1) is 0 Å². The first-order valence-electron chi connectivity index (χ1n) is 11.7. The Morgan fingerprint density at radius 2 is 1.10 bits per heavy atom. The molecule has 0 saturated carbocycles. The first-order valence-corrected chi connectivity index (χ1v) is 11.7. The normalized spacial score (nSPS) is 10.8. The van der Waals surface area contributed by atoms with Crippen LogP contribution in [0.2, 0.25) is 0 Å². The van der Waals surface area contributed by atoms with Gasteiger partial charge in [-0.25, -0.2) is 9.59 Å². The Labute approximate surface area is 187 Å². The molecule has 0 amide bonds. The van der Waals surface area contributed by atoms with E-state index in [4.69, 9.17) is 9.47 Å². The zero-order valence-electron chi connectivity index (χ0n) is 19.2. The summed E-state index contributed by atoms with van der Waals surface area (Å²) in [4.78, 5) is 25.3. The third-order valence-corrected chi connectivity index (χ3v) is 5.23. The summed E-state index contributed by atoms with van der Waals surface area (Å²) in [7, 11) is 0. The standard InChI is InChI=1S/C27H36O4/c1-4-7-8-9-12-25(30-26(28)23-17-13-21(10-5-2)14-18-23)31-27(29)24-19-15-22(11-6-3)16-20-24/h13-20,25H,4-12H2,1-3H3. The number of hydrogen-bond acceptors (Lipinski definition) is 4. The van der Waals surface area contributed by atoms with Crippen LogP contribution in [0.1, 0.15) is 97.6 Å². The quantitative estimate of drug-likeness (QED) is 0.199. The molecule has 0 aliphatic rings. The maximum absolute atomic E-state index is 12.6. The maximum atomic E-state index is 12.6. The molecule has 0 unspecified atom stereocenters. The monoisotopic (exact) mass is 424 g/mol. The molecule has 4 nitrogen and oxygen atoms in total. The predicted octanol–water partition coefficient (Wildman–Crippen LogP) is 6.90. The van der Waals surface area contributed by atoms with Gasteiger partial charge in [0.25, 0.3) is 0 Å². The molecule has 2 aromatic carbocycles. The summed E-state index contributed by atoms with van der Waals surface area (Å²) in [5.74, 6) is -0.927. The van der Waals surface area contributed by atoms with Gasteiger partial charge in [0, 0.05) is 6.42 Å². The van der Waals surface area contributed by atoms with Crippen LogP contribution in [0.4, 0.5) is 0 Å². The van der Waals surface area contributed by atoms with E-state index in [1.54, 1.807) is 24.3 Å². The fourth-order valence-corrected chi connectivity index (χ4v) is 3.45. The van der Waals surface area contributed by atoms with Gasteiger partial charge in [0.1, 0.15) is 0 Å². The summed E-state index contributed by atoms with van der Waals surface area (Å²) in [6.45, 7) is 6.38. The lowest BCUT2D eigenvalue weighted by Crippen LogP contribution is -2.25. The number of carbonyl (C=O) groups excluding carboxylic acids is 2. The molecule has 0 atom stereocenters. The largest absolute Gasteiger partial charge is 0.422 e. The Morgan fingerprint density at radius 1 is 0.645 bits per heavy atom. The Balaban J connectivity index is 2.02. The number of unbranched alkanes of at least 4 members (excludes halogenated alkanes) is 3. The Morgan fingerprint density at radius 3 is 1.48 bits per heavy atom. The summed E-state index contributed by atoms with van der Waals surface area (Å²) >= 11 is 0. The van der Waals surface area contributed by atoms with Crippen molar-refractivity contribution in [2.45, 2.75) is 84.8 Å². The van der Waals surface area contributed by atoms with Crippen molar-refractivity contribution in [1.29, 1.82) is 0 Å². The van der Waals surface area contributed by atoms with Gasteiger partial charge in [0.2, 0.25) is 6.29 Å². The Kier molecular flexibility index (Phi) is 10.8. The third kappa shape index (κ3) is 8.56. The van der Waals surface area contributed by atoms with E-state index in [0.717, 1.165) is 51.4 Å². The lowest BCUT2D eigenvalue weighted by Gasteiger charge is -2.19. The van der Waals surface area contributed by atoms with Crippen LogP contribution >= 0.6 is 0 Å². The van der Waals surface area contributed by atoms with Gasteiger partial charge in [0.05, 0.1) is 11.1 Å². The summed E-state index contributed by atoms with van der Waals surface area (Å²) in [6, 6.07) is 14.9. The van der Waals surface area contributed by atoms with Crippen molar-refractivity contribution in [1.82, 2.24) is 0 Å². The van der Waals surface area contributed by atoms with Crippen LogP contribution in [0.3, 0.4) is 0 Å². The topological polar surface area (TPSA) is 52.6 Å². The summed E-state index contributed by atoms with van der Waals surface area (Å²) in [6.07, 6.45) is 7.74. The number of ether oxygens (including phenoxy) is 2. The van der Waals surface area contributed by atoms with Crippen LogP contribution in [0.15, 0.2) is 48.5 Å². The number of carbonyl (C=O) groups is 2. The second kappa shape index (κ2) is 13.6. The SMILES string of the molecule is CCCCCCC(OC(=O)c1ccc(CCC)cc1)OC(=O)c1ccc(CCC)cc1. The van der Waals surface area contributed by atoms with Gasteiger partial charge in [-0.05, 0) is 54.7 Å². The molecular formula is C27H36O4. The molecule has 0 fully saturated rings.